The average molecular weight is 355 g/mol. The summed E-state index contributed by atoms with van der Waals surface area (Å²) in [7, 11) is -3.73. The molecule has 3 atom stereocenters. The monoisotopic (exact) mass is 355 g/mol. The van der Waals surface area contributed by atoms with E-state index >= 15 is 0 Å². The normalized spacial score (nSPS) is 26.8. The van der Waals surface area contributed by atoms with E-state index in [9.17, 15) is 13.2 Å². The molecular weight excluding hydrogens is 334 g/mol. The summed E-state index contributed by atoms with van der Waals surface area (Å²) >= 11 is 0. The number of hydrogen-bond donors (Lipinski definition) is 0. The second-order valence-electron chi connectivity index (χ2n) is 7.13. The molecule has 1 aliphatic carbocycles. The van der Waals surface area contributed by atoms with Crippen LogP contribution in [0.5, 0.6) is 0 Å². The van der Waals surface area contributed by atoms with Gasteiger partial charge >= 0.3 is 0 Å². The lowest BCUT2D eigenvalue weighted by molar-refractivity contribution is -0.122. The Balaban J connectivity index is 1.80. The first kappa shape index (κ1) is 16.5. The topological polar surface area (TPSA) is 54.5 Å². The summed E-state index contributed by atoms with van der Waals surface area (Å²) in [5.74, 6) is 0.654. The number of sulfonamides is 1. The van der Waals surface area contributed by atoms with E-state index in [0.717, 1.165) is 17.5 Å². The fourth-order valence-corrected chi connectivity index (χ4v) is 5.38. The zero-order chi connectivity index (χ0) is 17.6. The number of rotatable bonds is 3. The maximum Gasteiger partial charge on any atom is 0.244 e. The first-order valence-corrected chi connectivity index (χ1v) is 10.1. The van der Waals surface area contributed by atoms with Gasteiger partial charge in [0.15, 0.2) is 5.78 Å². The molecule has 0 bridgehead atoms. The van der Waals surface area contributed by atoms with Gasteiger partial charge in [-0.05, 0) is 42.9 Å². The number of carbonyl (C=O) groups excluding carboxylic acids is 1. The van der Waals surface area contributed by atoms with Gasteiger partial charge in [-0.2, -0.15) is 4.31 Å². The maximum atomic E-state index is 13.3. The molecule has 25 heavy (non-hydrogen) atoms. The van der Waals surface area contributed by atoms with Gasteiger partial charge in [0.25, 0.3) is 0 Å². The molecule has 1 aliphatic heterocycles. The van der Waals surface area contributed by atoms with Crippen LogP contribution in [-0.4, -0.2) is 25.1 Å². The van der Waals surface area contributed by atoms with Crippen LogP contribution in [0, 0.1) is 18.8 Å². The van der Waals surface area contributed by atoms with Crippen LogP contribution in [-0.2, 0) is 14.8 Å². The highest BCUT2D eigenvalue weighted by molar-refractivity contribution is 7.89. The third-order valence-electron chi connectivity index (χ3n) is 5.28. The van der Waals surface area contributed by atoms with Crippen molar-refractivity contribution in [3.05, 3.63) is 65.7 Å². The van der Waals surface area contributed by atoms with Crippen molar-refractivity contribution in [1.29, 1.82) is 0 Å². The molecule has 0 amide bonds. The van der Waals surface area contributed by atoms with Crippen LogP contribution in [0.2, 0.25) is 0 Å². The minimum atomic E-state index is -3.73. The van der Waals surface area contributed by atoms with E-state index in [2.05, 4.69) is 0 Å². The van der Waals surface area contributed by atoms with Crippen molar-refractivity contribution >= 4 is 15.8 Å². The Bertz CT molecular complexity index is 890. The zero-order valence-electron chi connectivity index (χ0n) is 14.1. The summed E-state index contributed by atoms with van der Waals surface area (Å²) in [5.41, 5.74) is 1.76. The average Bonchev–Trinajstić information content (AvgIpc) is 3.34. The molecule has 0 N–H and O–H groups in total. The first-order chi connectivity index (χ1) is 12.0. The standard InChI is InChI=1S/C20H21NO3S/c1-14-7-9-18(10-8-14)25(23,24)21-13-17-11-16(17)12-19(22)20(21)15-5-3-2-4-6-15/h2-10,16-17,20H,11-13H2,1H3/t16-,17+,20+/m0/s1. The lowest BCUT2D eigenvalue weighted by atomic mass is 10.00. The quantitative estimate of drug-likeness (QED) is 0.848. The Morgan fingerprint density at radius 1 is 0.960 bits per heavy atom. The Morgan fingerprint density at radius 2 is 1.64 bits per heavy atom. The van der Waals surface area contributed by atoms with Crippen LogP contribution < -0.4 is 0 Å². The molecule has 2 aromatic rings. The molecule has 0 aromatic heterocycles. The van der Waals surface area contributed by atoms with Crippen molar-refractivity contribution < 1.29 is 13.2 Å². The molecule has 130 valence electrons. The summed E-state index contributed by atoms with van der Waals surface area (Å²) in [6.45, 7) is 2.35. The number of carbonyl (C=O) groups is 1. The molecule has 4 nitrogen and oxygen atoms in total. The van der Waals surface area contributed by atoms with Gasteiger partial charge in [-0.1, -0.05) is 48.0 Å². The summed E-state index contributed by atoms with van der Waals surface area (Å²) in [6, 6.07) is 15.4. The zero-order valence-corrected chi connectivity index (χ0v) is 14.9. The van der Waals surface area contributed by atoms with Crippen LogP contribution in [0.3, 0.4) is 0 Å². The largest absolute Gasteiger partial charge is 0.297 e. The van der Waals surface area contributed by atoms with Gasteiger partial charge in [0.05, 0.1) is 4.90 Å². The molecule has 4 rings (SSSR count). The van der Waals surface area contributed by atoms with E-state index in [-0.39, 0.29) is 10.7 Å². The highest BCUT2D eigenvalue weighted by atomic mass is 32.2. The van der Waals surface area contributed by atoms with Crippen LogP contribution in [0.15, 0.2) is 59.5 Å². The molecule has 1 heterocycles. The van der Waals surface area contributed by atoms with Crippen LogP contribution in [0.1, 0.15) is 30.0 Å². The number of fused-ring (bicyclic) bond motifs is 1. The van der Waals surface area contributed by atoms with Gasteiger partial charge in [-0.3, -0.25) is 4.79 Å². The summed E-state index contributed by atoms with van der Waals surface area (Å²) in [4.78, 5) is 13.1. The van der Waals surface area contributed by atoms with Crippen molar-refractivity contribution in [2.24, 2.45) is 11.8 Å². The van der Waals surface area contributed by atoms with Crippen molar-refractivity contribution in [1.82, 2.24) is 4.31 Å². The van der Waals surface area contributed by atoms with Crippen LogP contribution in [0.25, 0.3) is 0 Å². The Labute approximate surface area is 148 Å². The van der Waals surface area contributed by atoms with Crippen LogP contribution in [0.4, 0.5) is 0 Å². The Morgan fingerprint density at radius 3 is 2.32 bits per heavy atom. The second-order valence-corrected chi connectivity index (χ2v) is 9.02. The van der Waals surface area contributed by atoms with Crippen molar-refractivity contribution in [2.45, 2.75) is 30.7 Å². The van der Waals surface area contributed by atoms with Crippen molar-refractivity contribution in [2.75, 3.05) is 6.54 Å². The van der Waals surface area contributed by atoms with E-state index in [4.69, 9.17) is 0 Å². The molecule has 1 saturated heterocycles. The summed E-state index contributed by atoms with van der Waals surface area (Å²) in [5, 5.41) is 0. The predicted molar refractivity (Wildman–Crippen MR) is 95.5 cm³/mol. The third kappa shape index (κ3) is 3.02. The van der Waals surface area contributed by atoms with E-state index in [0.29, 0.717) is 24.8 Å². The van der Waals surface area contributed by atoms with Crippen LogP contribution >= 0.6 is 0 Å². The number of hydrogen-bond acceptors (Lipinski definition) is 3. The first-order valence-electron chi connectivity index (χ1n) is 8.63. The highest BCUT2D eigenvalue weighted by Crippen LogP contribution is 2.48. The molecule has 0 unspecified atom stereocenters. The van der Waals surface area contributed by atoms with E-state index in [1.807, 2.05) is 37.3 Å². The summed E-state index contributed by atoms with van der Waals surface area (Å²) in [6.07, 6.45) is 1.43. The fourth-order valence-electron chi connectivity index (χ4n) is 3.72. The van der Waals surface area contributed by atoms with Gasteiger partial charge in [0, 0.05) is 13.0 Å². The second kappa shape index (κ2) is 6.07. The lowest BCUT2D eigenvalue weighted by Crippen LogP contribution is -2.39. The summed E-state index contributed by atoms with van der Waals surface area (Å²) < 4.78 is 28.1. The Kier molecular flexibility index (Phi) is 4.01. The molecule has 2 fully saturated rings. The van der Waals surface area contributed by atoms with Crippen molar-refractivity contribution in [3.63, 3.8) is 0 Å². The van der Waals surface area contributed by atoms with E-state index in [1.54, 1.807) is 24.3 Å². The molecular formula is C20H21NO3S. The molecule has 0 spiro atoms. The number of aryl methyl sites for hydroxylation is 1. The Hall–Kier alpha value is -1.98. The minimum Gasteiger partial charge on any atom is -0.297 e. The predicted octanol–water partition coefficient (Wildman–Crippen LogP) is 3.34. The molecule has 5 heteroatoms. The lowest BCUT2D eigenvalue weighted by Gasteiger charge is -2.29. The molecule has 1 saturated carbocycles. The molecule has 2 aliphatic rings. The van der Waals surface area contributed by atoms with Gasteiger partial charge < -0.3 is 0 Å². The highest BCUT2D eigenvalue weighted by Gasteiger charge is 2.49. The number of ketones is 1. The van der Waals surface area contributed by atoms with E-state index in [1.165, 1.54) is 4.31 Å². The van der Waals surface area contributed by atoms with Gasteiger partial charge in [-0.15, -0.1) is 0 Å². The van der Waals surface area contributed by atoms with E-state index < -0.39 is 16.1 Å². The fraction of sp³-hybridized carbons (Fsp3) is 0.350. The number of nitrogens with zero attached hydrogens (tertiary/aromatic N) is 1. The van der Waals surface area contributed by atoms with Gasteiger partial charge in [0.2, 0.25) is 10.0 Å². The number of benzene rings is 2. The molecule has 0 radical (unpaired) electrons. The SMILES string of the molecule is Cc1ccc(S(=O)(=O)N2C[C@H]3C[C@H]3CC(=O)[C@H]2c2ccccc2)cc1. The van der Waals surface area contributed by atoms with Gasteiger partial charge in [-0.25, -0.2) is 8.42 Å². The number of Topliss-reactive ketones (excluding diaryl/α,β-unsaturated/α-hetero) is 1. The van der Waals surface area contributed by atoms with Crippen molar-refractivity contribution in [3.8, 4) is 0 Å². The third-order valence-corrected chi connectivity index (χ3v) is 7.13. The maximum absolute atomic E-state index is 13.3. The minimum absolute atomic E-state index is 0.00638. The smallest absolute Gasteiger partial charge is 0.244 e. The molecule has 2 aromatic carbocycles. The van der Waals surface area contributed by atoms with Gasteiger partial charge in [0.1, 0.15) is 6.04 Å².